The molecule has 1 N–H and O–H groups in total. The van der Waals surface area contributed by atoms with Crippen molar-refractivity contribution in [1.29, 1.82) is 0 Å². The quantitative estimate of drug-likeness (QED) is 0.220. The Kier molecular flexibility index (Phi) is 11.6. The molecule has 0 aliphatic carbocycles. The molecule has 170 valence electrons. The summed E-state index contributed by atoms with van der Waals surface area (Å²) in [5, 5.41) is 10.3. The summed E-state index contributed by atoms with van der Waals surface area (Å²) in [5.74, 6) is 1.14. The van der Waals surface area contributed by atoms with E-state index in [1.807, 2.05) is 13.8 Å². The van der Waals surface area contributed by atoms with Crippen molar-refractivity contribution in [2.75, 3.05) is 13.7 Å². The highest BCUT2D eigenvalue weighted by Crippen LogP contribution is 2.34. The number of nitrogens with zero attached hydrogens (tertiary/aromatic N) is 1. The zero-order valence-corrected chi connectivity index (χ0v) is 18.3. The Morgan fingerprint density at radius 1 is 1.33 bits per heavy atom. The second kappa shape index (κ2) is 13.4. The van der Waals surface area contributed by atoms with E-state index in [9.17, 15) is 23.5 Å². The third kappa shape index (κ3) is 8.83. The van der Waals surface area contributed by atoms with Crippen LogP contribution in [-0.2, 0) is 14.3 Å². The fraction of sp³-hybridized carbons (Fsp3) is 0.739. The molecule has 1 saturated heterocycles. The van der Waals surface area contributed by atoms with E-state index in [1.165, 1.54) is 24.2 Å². The van der Waals surface area contributed by atoms with Crippen LogP contribution >= 0.6 is 0 Å². The average molecular weight is 428 g/mol. The monoisotopic (exact) mass is 427 g/mol. The lowest BCUT2D eigenvalue weighted by molar-refractivity contribution is -0.148. The van der Waals surface area contributed by atoms with Gasteiger partial charge in [-0.05, 0) is 25.2 Å². The predicted molar refractivity (Wildman–Crippen MR) is 112 cm³/mol. The van der Waals surface area contributed by atoms with Crippen molar-refractivity contribution in [3.05, 3.63) is 12.2 Å². The molecule has 1 fully saturated rings. The zero-order valence-electron chi connectivity index (χ0n) is 18.3. The molecular formula is C23H35F2NO4. The van der Waals surface area contributed by atoms with Gasteiger partial charge in [-0.15, -0.1) is 11.8 Å². The number of aliphatic hydroxyl groups is 1. The number of unbranched alkanes of at least 4 members (excludes halogenated alkanes) is 4. The number of aliphatic hydroxyl groups excluding tert-OH is 1. The van der Waals surface area contributed by atoms with Crippen molar-refractivity contribution < 1.29 is 28.2 Å². The summed E-state index contributed by atoms with van der Waals surface area (Å²) >= 11 is 0. The van der Waals surface area contributed by atoms with Crippen LogP contribution in [0.3, 0.4) is 0 Å². The van der Waals surface area contributed by atoms with Gasteiger partial charge < -0.3 is 14.7 Å². The molecule has 0 aromatic heterocycles. The molecule has 7 heteroatoms. The number of likely N-dealkylation sites (tertiary alicyclic amines) is 1. The van der Waals surface area contributed by atoms with Gasteiger partial charge in [-0.3, -0.25) is 9.59 Å². The lowest BCUT2D eigenvalue weighted by atomic mass is 9.99. The number of methoxy groups -OCH3 is 1. The molecule has 0 spiro atoms. The van der Waals surface area contributed by atoms with Gasteiger partial charge in [0, 0.05) is 32.2 Å². The molecule has 0 bridgehead atoms. The molecule has 30 heavy (non-hydrogen) atoms. The fourth-order valence-electron chi connectivity index (χ4n) is 3.27. The molecule has 1 aliphatic heterocycles. The second-order valence-electron chi connectivity index (χ2n) is 7.88. The first kappa shape index (κ1) is 26.1. The molecule has 0 saturated carbocycles. The van der Waals surface area contributed by atoms with Crippen molar-refractivity contribution in [2.24, 2.45) is 5.92 Å². The summed E-state index contributed by atoms with van der Waals surface area (Å²) in [5.41, 5.74) is 0. The number of ether oxygens (including phenoxy) is 1. The van der Waals surface area contributed by atoms with E-state index in [1.54, 1.807) is 0 Å². The van der Waals surface area contributed by atoms with Gasteiger partial charge in [-0.2, -0.15) is 8.78 Å². The number of hydrogen-bond donors (Lipinski definition) is 1. The summed E-state index contributed by atoms with van der Waals surface area (Å²) in [6.07, 6.45) is 7.08. The fourth-order valence-corrected chi connectivity index (χ4v) is 3.27. The lowest BCUT2D eigenvalue weighted by Crippen LogP contribution is -2.36. The van der Waals surface area contributed by atoms with Crippen LogP contribution in [0.5, 0.6) is 0 Å². The first-order valence-electron chi connectivity index (χ1n) is 10.8. The summed E-state index contributed by atoms with van der Waals surface area (Å²) in [7, 11) is 1.34. The van der Waals surface area contributed by atoms with Gasteiger partial charge in [0.15, 0.2) is 0 Å². The number of carbonyl (C=O) groups excluding carboxylic acids is 2. The van der Waals surface area contributed by atoms with E-state index in [0.29, 0.717) is 25.7 Å². The molecule has 0 radical (unpaired) electrons. The Labute approximate surface area is 178 Å². The minimum absolute atomic E-state index is 0.119. The van der Waals surface area contributed by atoms with Crippen LogP contribution in [0.1, 0.15) is 71.6 Å². The molecular weight excluding hydrogens is 392 g/mol. The maximum atomic E-state index is 14.0. The van der Waals surface area contributed by atoms with Crippen LogP contribution in [0.4, 0.5) is 8.78 Å². The van der Waals surface area contributed by atoms with Crippen molar-refractivity contribution >= 4 is 11.9 Å². The molecule has 0 aromatic rings. The number of halogens is 2. The first-order chi connectivity index (χ1) is 14.2. The zero-order chi connectivity index (χ0) is 22.6. The van der Waals surface area contributed by atoms with E-state index >= 15 is 0 Å². The van der Waals surface area contributed by atoms with Gasteiger partial charge in [0.2, 0.25) is 0 Å². The third-order valence-corrected chi connectivity index (χ3v) is 5.23. The Bertz CT molecular complexity index is 639. The standard InChI is InChI=1S/C23H35F2NO4/c1-4-5-6-9-12-18(2)20(27)15-14-19-17-23(24,25)22(29)26(19)16-11-8-7-10-13-21(28)30-3/h14-15,18-20,27H,4-5,7-8,10-13,16-17H2,1-3H3/b15-14+/t18?,19-,20?/m0/s1. The van der Waals surface area contributed by atoms with Gasteiger partial charge >= 0.3 is 11.9 Å². The molecule has 1 heterocycles. The van der Waals surface area contributed by atoms with E-state index in [0.717, 1.165) is 25.7 Å². The topological polar surface area (TPSA) is 66.8 Å². The molecule has 5 nitrogen and oxygen atoms in total. The van der Waals surface area contributed by atoms with Gasteiger partial charge in [0.1, 0.15) is 0 Å². The highest BCUT2D eigenvalue weighted by molar-refractivity contribution is 5.86. The van der Waals surface area contributed by atoms with Crippen molar-refractivity contribution in [3.63, 3.8) is 0 Å². The van der Waals surface area contributed by atoms with Gasteiger partial charge in [0.25, 0.3) is 5.91 Å². The average Bonchev–Trinajstić information content (AvgIpc) is 2.94. The minimum Gasteiger partial charge on any atom is -0.469 e. The van der Waals surface area contributed by atoms with Crippen molar-refractivity contribution in [3.8, 4) is 11.8 Å². The summed E-state index contributed by atoms with van der Waals surface area (Å²) in [4.78, 5) is 24.4. The number of carbonyl (C=O) groups is 2. The SMILES string of the molecule is CCCC#CCC(C)C(O)/C=C/[C@H]1CC(F)(F)C(=O)N1CCCCCCC(=O)OC. The van der Waals surface area contributed by atoms with Crippen LogP contribution in [0.15, 0.2) is 12.2 Å². The third-order valence-electron chi connectivity index (χ3n) is 5.23. The Morgan fingerprint density at radius 2 is 2.03 bits per heavy atom. The number of hydrogen-bond acceptors (Lipinski definition) is 4. The molecule has 1 amide bonds. The Morgan fingerprint density at radius 3 is 2.70 bits per heavy atom. The lowest BCUT2D eigenvalue weighted by Gasteiger charge is -2.22. The second-order valence-corrected chi connectivity index (χ2v) is 7.88. The maximum Gasteiger partial charge on any atom is 0.327 e. The van der Waals surface area contributed by atoms with Gasteiger partial charge in [-0.25, -0.2) is 0 Å². The van der Waals surface area contributed by atoms with Crippen LogP contribution in [-0.4, -0.2) is 53.6 Å². The molecule has 3 atom stereocenters. The molecule has 1 aliphatic rings. The number of alkyl halides is 2. The van der Waals surface area contributed by atoms with E-state index in [-0.39, 0.29) is 18.4 Å². The van der Waals surface area contributed by atoms with Crippen LogP contribution in [0.2, 0.25) is 0 Å². The largest absolute Gasteiger partial charge is 0.469 e. The Hall–Kier alpha value is -1.94. The summed E-state index contributed by atoms with van der Waals surface area (Å²) < 4.78 is 32.5. The minimum atomic E-state index is -3.37. The smallest absolute Gasteiger partial charge is 0.327 e. The van der Waals surface area contributed by atoms with Gasteiger partial charge in [-0.1, -0.05) is 38.8 Å². The van der Waals surface area contributed by atoms with Gasteiger partial charge in [0.05, 0.1) is 19.3 Å². The van der Waals surface area contributed by atoms with Crippen molar-refractivity contribution in [1.82, 2.24) is 4.90 Å². The first-order valence-corrected chi connectivity index (χ1v) is 10.8. The molecule has 1 rings (SSSR count). The molecule has 2 unspecified atom stereocenters. The normalized spacial score (nSPS) is 20.1. The highest BCUT2D eigenvalue weighted by Gasteiger charge is 2.52. The molecule has 0 aromatic carbocycles. The van der Waals surface area contributed by atoms with Crippen LogP contribution < -0.4 is 0 Å². The summed E-state index contributed by atoms with van der Waals surface area (Å²) in [6.45, 7) is 4.13. The van der Waals surface area contributed by atoms with Crippen molar-refractivity contribution in [2.45, 2.75) is 89.7 Å². The predicted octanol–water partition coefficient (Wildman–Crippen LogP) is 4.09. The van der Waals surface area contributed by atoms with E-state index in [4.69, 9.17) is 0 Å². The maximum absolute atomic E-state index is 14.0. The number of rotatable bonds is 12. The van der Waals surface area contributed by atoms with E-state index < -0.39 is 30.4 Å². The van der Waals surface area contributed by atoms with Crippen LogP contribution in [0, 0.1) is 17.8 Å². The van der Waals surface area contributed by atoms with Crippen LogP contribution in [0.25, 0.3) is 0 Å². The number of amides is 1. The summed E-state index contributed by atoms with van der Waals surface area (Å²) in [6, 6.07) is -0.726. The number of esters is 1. The van der Waals surface area contributed by atoms with E-state index in [2.05, 4.69) is 16.6 Å². The Balaban J connectivity index is 2.55. The highest BCUT2D eigenvalue weighted by atomic mass is 19.3.